The van der Waals surface area contributed by atoms with Gasteiger partial charge in [0.15, 0.2) is 0 Å². The van der Waals surface area contributed by atoms with Crippen molar-refractivity contribution in [1.82, 2.24) is 20.4 Å². The molecule has 2 rings (SSSR count). The normalized spacial score (nSPS) is 11.9. The molecule has 6 heteroatoms. The standard InChI is InChI=1S/C15H20N4O2/c1-12(11-20)18-15(21)16-9-7-13-3-5-14(6-4-13)19-10-2-8-17-19/h2-6,8,10,12,20H,7,9,11H2,1H3,(H2,16,18,21)/t12-/m0/s1. The Bertz CT molecular complexity index is 552. The minimum Gasteiger partial charge on any atom is -0.394 e. The molecular formula is C15H20N4O2. The van der Waals surface area contributed by atoms with Crippen LogP contribution in [0.4, 0.5) is 4.79 Å². The van der Waals surface area contributed by atoms with Gasteiger partial charge >= 0.3 is 6.03 Å². The fourth-order valence-electron chi connectivity index (χ4n) is 1.88. The van der Waals surface area contributed by atoms with Gasteiger partial charge in [-0.2, -0.15) is 5.10 Å². The van der Waals surface area contributed by atoms with Crippen molar-refractivity contribution in [1.29, 1.82) is 0 Å². The molecule has 0 unspecified atom stereocenters. The number of nitrogens with one attached hydrogen (secondary N) is 2. The Morgan fingerprint density at radius 3 is 2.76 bits per heavy atom. The molecule has 0 aliphatic carbocycles. The molecule has 0 fully saturated rings. The first-order valence-electron chi connectivity index (χ1n) is 6.93. The number of benzene rings is 1. The first-order valence-corrected chi connectivity index (χ1v) is 6.93. The molecule has 0 aliphatic heterocycles. The van der Waals surface area contributed by atoms with Crippen LogP contribution in [0.1, 0.15) is 12.5 Å². The fraction of sp³-hybridized carbons (Fsp3) is 0.333. The van der Waals surface area contributed by atoms with Gasteiger partial charge in [0, 0.05) is 18.9 Å². The van der Waals surface area contributed by atoms with E-state index in [1.807, 2.05) is 36.5 Å². The summed E-state index contributed by atoms with van der Waals surface area (Å²) in [7, 11) is 0. The van der Waals surface area contributed by atoms with Crippen LogP contribution in [0.25, 0.3) is 5.69 Å². The Morgan fingerprint density at radius 2 is 2.14 bits per heavy atom. The lowest BCUT2D eigenvalue weighted by atomic mass is 10.1. The lowest BCUT2D eigenvalue weighted by Gasteiger charge is -2.12. The van der Waals surface area contributed by atoms with Gasteiger partial charge in [-0.3, -0.25) is 0 Å². The highest BCUT2D eigenvalue weighted by molar-refractivity contribution is 5.74. The molecule has 3 N–H and O–H groups in total. The van der Waals surface area contributed by atoms with E-state index in [9.17, 15) is 4.79 Å². The summed E-state index contributed by atoms with van der Waals surface area (Å²) in [6, 6.07) is 9.42. The summed E-state index contributed by atoms with van der Waals surface area (Å²) < 4.78 is 1.80. The molecule has 0 spiro atoms. The minimum atomic E-state index is -0.260. The number of nitrogens with zero attached hydrogens (tertiary/aromatic N) is 2. The number of rotatable bonds is 6. The molecule has 2 aromatic rings. The number of hydrogen-bond acceptors (Lipinski definition) is 3. The summed E-state index contributed by atoms with van der Waals surface area (Å²) in [5, 5.41) is 18.4. The second-order valence-corrected chi connectivity index (χ2v) is 4.85. The van der Waals surface area contributed by atoms with Crippen LogP contribution in [-0.2, 0) is 6.42 Å². The van der Waals surface area contributed by atoms with Gasteiger partial charge in [-0.05, 0) is 37.1 Å². The van der Waals surface area contributed by atoms with Crippen LogP contribution in [0.3, 0.4) is 0 Å². The average molecular weight is 288 g/mol. The number of carbonyl (C=O) groups is 1. The van der Waals surface area contributed by atoms with E-state index >= 15 is 0 Å². The van der Waals surface area contributed by atoms with E-state index in [4.69, 9.17) is 5.11 Å². The Kier molecular flexibility index (Phi) is 5.34. The summed E-state index contributed by atoms with van der Waals surface area (Å²) in [5.41, 5.74) is 2.15. The van der Waals surface area contributed by atoms with Crippen molar-refractivity contribution in [2.45, 2.75) is 19.4 Å². The maximum absolute atomic E-state index is 11.5. The summed E-state index contributed by atoms with van der Waals surface area (Å²) in [4.78, 5) is 11.5. The highest BCUT2D eigenvalue weighted by Crippen LogP contribution is 2.08. The highest BCUT2D eigenvalue weighted by Gasteiger charge is 2.04. The zero-order chi connectivity index (χ0) is 15.1. The second kappa shape index (κ2) is 7.44. The number of urea groups is 1. The lowest BCUT2D eigenvalue weighted by molar-refractivity contribution is 0.220. The largest absolute Gasteiger partial charge is 0.394 e. The quantitative estimate of drug-likeness (QED) is 0.744. The van der Waals surface area contributed by atoms with Crippen LogP contribution in [0.5, 0.6) is 0 Å². The van der Waals surface area contributed by atoms with Crippen molar-refractivity contribution >= 4 is 6.03 Å². The highest BCUT2D eigenvalue weighted by atomic mass is 16.3. The molecule has 1 aromatic carbocycles. The van der Waals surface area contributed by atoms with Crippen LogP contribution < -0.4 is 10.6 Å². The summed E-state index contributed by atoms with van der Waals surface area (Å²) in [6.07, 6.45) is 4.38. The molecular weight excluding hydrogens is 268 g/mol. The van der Waals surface area contributed by atoms with Gasteiger partial charge in [0.1, 0.15) is 0 Å². The smallest absolute Gasteiger partial charge is 0.315 e. The second-order valence-electron chi connectivity index (χ2n) is 4.85. The van der Waals surface area contributed by atoms with Crippen LogP contribution in [0.15, 0.2) is 42.7 Å². The van der Waals surface area contributed by atoms with E-state index in [2.05, 4.69) is 15.7 Å². The third-order valence-corrected chi connectivity index (χ3v) is 3.06. The molecule has 0 bridgehead atoms. The van der Waals surface area contributed by atoms with Gasteiger partial charge in [0.05, 0.1) is 18.3 Å². The van der Waals surface area contributed by atoms with Gasteiger partial charge < -0.3 is 15.7 Å². The third kappa shape index (κ3) is 4.61. The van der Waals surface area contributed by atoms with Crippen molar-refractivity contribution in [3.63, 3.8) is 0 Å². The van der Waals surface area contributed by atoms with E-state index in [1.165, 1.54) is 0 Å². The summed E-state index contributed by atoms with van der Waals surface area (Å²) in [5.74, 6) is 0. The van der Waals surface area contributed by atoms with Gasteiger partial charge in [0.25, 0.3) is 0 Å². The Hall–Kier alpha value is -2.34. The van der Waals surface area contributed by atoms with Crippen LogP contribution in [0, 0.1) is 0 Å². The topological polar surface area (TPSA) is 79.2 Å². The Morgan fingerprint density at radius 1 is 1.38 bits per heavy atom. The molecule has 1 atom stereocenters. The maximum atomic E-state index is 11.5. The third-order valence-electron chi connectivity index (χ3n) is 3.06. The molecule has 0 saturated heterocycles. The Labute approximate surface area is 123 Å². The first-order chi connectivity index (χ1) is 10.2. The number of aromatic nitrogens is 2. The molecule has 1 heterocycles. The average Bonchev–Trinajstić information content (AvgIpc) is 3.02. The van der Waals surface area contributed by atoms with Crippen molar-refractivity contribution in [3.05, 3.63) is 48.3 Å². The maximum Gasteiger partial charge on any atom is 0.315 e. The zero-order valence-electron chi connectivity index (χ0n) is 12.0. The minimum absolute atomic E-state index is 0.0672. The molecule has 0 aliphatic rings. The van der Waals surface area contributed by atoms with E-state index in [1.54, 1.807) is 17.8 Å². The van der Waals surface area contributed by atoms with Gasteiger partial charge in [-0.1, -0.05) is 12.1 Å². The van der Waals surface area contributed by atoms with E-state index in [-0.39, 0.29) is 18.7 Å². The number of amides is 2. The summed E-state index contributed by atoms with van der Waals surface area (Å²) >= 11 is 0. The molecule has 2 amide bonds. The number of aliphatic hydroxyl groups is 1. The molecule has 1 aromatic heterocycles. The number of carbonyl (C=O) groups excluding carboxylic acids is 1. The fourth-order valence-corrected chi connectivity index (χ4v) is 1.88. The molecule has 0 radical (unpaired) electrons. The SMILES string of the molecule is C[C@@H](CO)NC(=O)NCCc1ccc(-n2cccn2)cc1. The van der Waals surface area contributed by atoms with E-state index in [0.29, 0.717) is 6.54 Å². The first kappa shape index (κ1) is 15.1. The Balaban J connectivity index is 1.78. The number of aliphatic hydroxyl groups excluding tert-OH is 1. The van der Waals surface area contributed by atoms with Crippen molar-refractivity contribution in [2.24, 2.45) is 0 Å². The molecule has 6 nitrogen and oxygen atoms in total. The van der Waals surface area contributed by atoms with Gasteiger partial charge in [-0.25, -0.2) is 9.48 Å². The monoisotopic (exact) mass is 288 g/mol. The molecule has 21 heavy (non-hydrogen) atoms. The molecule has 112 valence electrons. The van der Waals surface area contributed by atoms with Crippen molar-refractivity contribution < 1.29 is 9.90 Å². The van der Waals surface area contributed by atoms with Gasteiger partial charge in [-0.15, -0.1) is 0 Å². The van der Waals surface area contributed by atoms with Crippen molar-refractivity contribution in [2.75, 3.05) is 13.2 Å². The van der Waals surface area contributed by atoms with Crippen LogP contribution >= 0.6 is 0 Å². The molecule has 0 saturated carbocycles. The predicted molar refractivity (Wildman–Crippen MR) is 80.4 cm³/mol. The zero-order valence-corrected chi connectivity index (χ0v) is 12.0. The van der Waals surface area contributed by atoms with Crippen LogP contribution in [0.2, 0.25) is 0 Å². The summed E-state index contributed by atoms with van der Waals surface area (Å²) in [6.45, 7) is 2.22. The van der Waals surface area contributed by atoms with Crippen molar-refractivity contribution in [3.8, 4) is 5.69 Å². The van der Waals surface area contributed by atoms with E-state index in [0.717, 1.165) is 17.7 Å². The lowest BCUT2D eigenvalue weighted by Crippen LogP contribution is -2.42. The van der Waals surface area contributed by atoms with Gasteiger partial charge in [0.2, 0.25) is 0 Å². The van der Waals surface area contributed by atoms with Crippen LogP contribution in [-0.4, -0.2) is 40.1 Å². The van der Waals surface area contributed by atoms with E-state index < -0.39 is 0 Å². The predicted octanol–water partition coefficient (Wildman–Crippen LogP) is 1.09. The number of hydrogen-bond donors (Lipinski definition) is 3.